The van der Waals surface area contributed by atoms with Crippen LogP contribution in [0, 0.1) is 0 Å². The molecule has 0 spiro atoms. The summed E-state index contributed by atoms with van der Waals surface area (Å²) in [6.45, 7) is 1.93. The van der Waals surface area contributed by atoms with E-state index in [1.54, 1.807) is 12.1 Å². The standard InChI is InChI=1S/C20H20N2O5S/c1-3-14-4-8-16(9-5-14)19-21-18(27-22-19)12-26-20(23)17-10-6-15(7-11-17)13-28(2,24)25/h4-11H,3,12-13H2,1-2H3. The molecule has 0 unspecified atom stereocenters. The number of hydrogen-bond acceptors (Lipinski definition) is 7. The van der Waals surface area contributed by atoms with Crippen LogP contribution in [0.4, 0.5) is 0 Å². The van der Waals surface area contributed by atoms with E-state index in [1.165, 1.54) is 17.7 Å². The molecule has 8 heteroatoms. The molecule has 2 aromatic carbocycles. The van der Waals surface area contributed by atoms with Gasteiger partial charge in [0.2, 0.25) is 5.82 Å². The fourth-order valence-electron chi connectivity index (χ4n) is 2.57. The topological polar surface area (TPSA) is 99.4 Å². The van der Waals surface area contributed by atoms with Gasteiger partial charge in [0.25, 0.3) is 5.89 Å². The predicted octanol–water partition coefficient (Wildman–Crippen LogP) is 3.20. The first kappa shape index (κ1) is 19.8. The van der Waals surface area contributed by atoms with Crippen LogP contribution in [0.25, 0.3) is 11.4 Å². The fraction of sp³-hybridized carbons (Fsp3) is 0.250. The van der Waals surface area contributed by atoms with Crippen molar-refractivity contribution in [2.75, 3.05) is 6.26 Å². The van der Waals surface area contributed by atoms with Crippen molar-refractivity contribution in [1.82, 2.24) is 10.1 Å². The van der Waals surface area contributed by atoms with Gasteiger partial charge in [0, 0.05) is 11.8 Å². The van der Waals surface area contributed by atoms with E-state index in [4.69, 9.17) is 9.26 Å². The third-order valence-electron chi connectivity index (χ3n) is 4.03. The lowest BCUT2D eigenvalue weighted by Gasteiger charge is -2.03. The maximum Gasteiger partial charge on any atom is 0.338 e. The maximum absolute atomic E-state index is 12.1. The Labute approximate surface area is 163 Å². The Morgan fingerprint density at radius 3 is 2.29 bits per heavy atom. The van der Waals surface area contributed by atoms with E-state index in [0.29, 0.717) is 17.0 Å². The van der Waals surface area contributed by atoms with E-state index in [2.05, 4.69) is 17.1 Å². The molecule has 0 N–H and O–H groups in total. The average molecular weight is 400 g/mol. The third kappa shape index (κ3) is 5.26. The summed E-state index contributed by atoms with van der Waals surface area (Å²) in [5, 5.41) is 3.90. The van der Waals surface area contributed by atoms with Gasteiger partial charge in [-0.2, -0.15) is 4.98 Å². The lowest BCUT2D eigenvalue weighted by atomic mass is 10.1. The smallest absolute Gasteiger partial charge is 0.338 e. The summed E-state index contributed by atoms with van der Waals surface area (Å²) in [7, 11) is -3.12. The number of hydrogen-bond donors (Lipinski definition) is 0. The van der Waals surface area contributed by atoms with Crippen LogP contribution in [0.15, 0.2) is 53.1 Å². The lowest BCUT2D eigenvalue weighted by molar-refractivity contribution is 0.0430. The number of benzene rings is 2. The number of ether oxygens (including phenoxy) is 1. The number of esters is 1. The van der Waals surface area contributed by atoms with Gasteiger partial charge in [0.1, 0.15) is 0 Å². The number of carbonyl (C=O) groups excluding carboxylic acids is 1. The molecule has 0 aliphatic rings. The molecule has 146 valence electrons. The van der Waals surface area contributed by atoms with Crippen molar-refractivity contribution < 1.29 is 22.5 Å². The van der Waals surface area contributed by atoms with E-state index in [1.807, 2.05) is 24.3 Å². The zero-order chi connectivity index (χ0) is 20.1. The van der Waals surface area contributed by atoms with E-state index in [0.717, 1.165) is 18.2 Å². The number of nitrogens with zero attached hydrogens (tertiary/aromatic N) is 2. The van der Waals surface area contributed by atoms with Crippen molar-refractivity contribution in [3.63, 3.8) is 0 Å². The first-order valence-corrected chi connectivity index (χ1v) is 10.8. The van der Waals surface area contributed by atoms with Crippen LogP contribution in [-0.2, 0) is 33.4 Å². The summed E-state index contributed by atoms with van der Waals surface area (Å²) >= 11 is 0. The Bertz CT molecular complexity index is 1050. The second-order valence-electron chi connectivity index (χ2n) is 6.41. The van der Waals surface area contributed by atoms with Crippen LogP contribution in [0.5, 0.6) is 0 Å². The molecule has 0 atom stereocenters. The molecule has 0 amide bonds. The van der Waals surface area contributed by atoms with Gasteiger partial charge >= 0.3 is 5.97 Å². The van der Waals surface area contributed by atoms with E-state index in [9.17, 15) is 13.2 Å². The van der Waals surface area contributed by atoms with E-state index < -0.39 is 15.8 Å². The molecule has 0 bridgehead atoms. The highest BCUT2D eigenvalue weighted by Gasteiger charge is 2.13. The Hall–Kier alpha value is -3.00. The van der Waals surface area contributed by atoms with Crippen LogP contribution < -0.4 is 0 Å². The normalized spacial score (nSPS) is 11.4. The molecule has 0 saturated heterocycles. The van der Waals surface area contributed by atoms with Crippen molar-refractivity contribution in [2.45, 2.75) is 25.7 Å². The highest BCUT2D eigenvalue weighted by molar-refractivity contribution is 7.89. The monoisotopic (exact) mass is 400 g/mol. The highest BCUT2D eigenvalue weighted by atomic mass is 32.2. The summed E-state index contributed by atoms with van der Waals surface area (Å²) in [6.07, 6.45) is 2.11. The van der Waals surface area contributed by atoms with Crippen molar-refractivity contribution in [1.29, 1.82) is 0 Å². The van der Waals surface area contributed by atoms with Crippen molar-refractivity contribution in [3.05, 3.63) is 71.1 Å². The number of aromatic nitrogens is 2. The van der Waals surface area contributed by atoms with Crippen molar-refractivity contribution >= 4 is 15.8 Å². The first-order chi connectivity index (χ1) is 13.3. The molecule has 0 saturated carbocycles. The van der Waals surface area contributed by atoms with Gasteiger partial charge in [-0.05, 0) is 29.7 Å². The van der Waals surface area contributed by atoms with Gasteiger partial charge in [-0.3, -0.25) is 0 Å². The number of sulfone groups is 1. The van der Waals surface area contributed by atoms with Gasteiger partial charge < -0.3 is 9.26 Å². The summed E-state index contributed by atoms with van der Waals surface area (Å²) in [5.41, 5.74) is 2.95. The summed E-state index contributed by atoms with van der Waals surface area (Å²) in [6, 6.07) is 14.0. The minimum atomic E-state index is -3.12. The van der Waals surface area contributed by atoms with Gasteiger partial charge in [0.15, 0.2) is 16.4 Å². The first-order valence-electron chi connectivity index (χ1n) is 8.70. The van der Waals surface area contributed by atoms with Gasteiger partial charge in [-0.1, -0.05) is 48.5 Å². The number of rotatable bonds is 7. The molecular weight excluding hydrogens is 380 g/mol. The van der Waals surface area contributed by atoms with Crippen LogP contribution in [0.1, 0.15) is 34.3 Å². The molecule has 3 rings (SSSR count). The highest BCUT2D eigenvalue weighted by Crippen LogP contribution is 2.17. The predicted molar refractivity (Wildman–Crippen MR) is 103 cm³/mol. The second kappa shape index (κ2) is 8.35. The van der Waals surface area contributed by atoms with Crippen LogP contribution in [-0.4, -0.2) is 30.8 Å². The molecule has 0 aliphatic carbocycles. The molecular formula is C20H20N2O5S. The van der Waals surface area contributed by atoms with Crippen molar-refractivity contribution in [2.24, 2.45) is 0 Å². The van der Waals surface area contributed by atoms with Crippen LogP contribution >= 0.6 is 0 Å². The molecule has 0 fully saturated rings. The maximum atomic E-state index is 12.1. The summed E-state index contributed by atoms with van der Waals surface area (Å²) in [5.74, 6) is -0.0137. The third-order valence-corrected chi connectivity index (χ3v) is 4.89. The zero-order valence-electron chi connectivity index (χ0n) is 15.6. The average Bonchev–Trinajstić information content (AvgIpc) is 3.14. The Morgan fingerprint density at radius 2 is 1.68 bits per heavy atom. The second-order valence-corrected chi connectivity index (χ2v) is 8.55. The number of aryl methyl sites for hydroxylation is 1. The van der Waals surface area contributed by atoms with Crippen LogP contribution in [0.2, 0.25) is 0 Å². The summed E-state index contributed by atoms with van der Waals surface area (Å²) < 4.78 is 32.9. The Morgan fingerprint density at radius 1 is 1.04 bits per heavy atom. The van der Waals surface area contributed by atoms with E-state index >= 15 is 0 Å². The lowest BCUT2D eigenvalue weighted by Crippen LogP contribution is -2.06. The Kier molecular flexibility index (Phi) is 5.89. The molecule has 7 nitrogen and oxygen atoms in total. The molecule has 28 heavy (non-hydrogen) atoms. The van der Waals surface area contributed by atoms with Gasteiger partial charge in [-0.15, -0.1) is 0 Å². The summed E-state index contributed by atoms with van der Waals surface area (Å²) in [4.78, 5) is 16.4. The number of carbonyl (C=O) groups is 1. The SMILES string of the molecule is CCc1ccc(-c2noc(COC(=O)c3ccc(CS(C)(=O)=O)cc3)n2)cc1. The van der Waals surface area contributed by atoms with Gasteiger partial charge in [-0.25, -0.2) is 13.2 Å². The molecule has 0 aliphatic heterocycles. The van der Waals surface area contributed by atoms with Gasteiger partial charge in [0.05, 0.1) is 11.3 Å². The van der Waals surface area contributed by atoms with E-state index in [-0.39, 0.29) is 18.3 Å². The molecule has 0 radical (unpaired) electrons. The quantitative estimate of drug-likeness (QED) is 0.562. The minimum absolute atomic E-state index is 0.0771. The molecule has 3 aromatic rings. The Balaban J connectivity index is 1.59. The largest absolute Gasteiger partial charge is 0.452 e. The molecule has 1 aromatic heterocycles. The fourth-order valence-corrected chi connectivity index (χ4v) is 3.37. The van der Waals surface area contributed by atoms with Crippen molar-refractivity contribution in [3.8, 4) is 11.4 Å². The van der Waals surface area contributed by atoms with Crippen LogP contribution in [0.3, 0.4) is 0 Å². The minimum Gasteiger partial charge on any atom is -0.452 e. The molecule has 1 heterocycles. The zero-order valence-corrected chi connectivity index (χ0v) is 16.4.